The van der Waals surface area contributed by atoms with Crippen molar-refractivity contribution >= 4 is 19.4 Å². The first kappa shape index (κ1) is 17.4. The summed E-state index contributed by atoms with van der Waals surface area (Å²) < 4.78 is 14.2. The summed E-state index contributed by atoms with van der Waals surface area (Å²) in [6, 6.07) is 0. The Morgan fingerprint density at radius 2 is 1.83 bits per heavy atom. The minimum atomic E-state index is -4.78. The minimum absolute atomic E-state index is 0.0302. The smallest absolute Gasteiger partial charge is 0.390 e. The van der Waals surface area contributed by atoms with E-state index < -0.39 is 32.4 Å². The van der Waals surface area contributed by atoms with Crippen molar-refractivity contribution in [3.05, 3.63) is 0 Å². The molecule has 0 saturated heterocycles. The monoisotopic (exact) mass is 284 g/mol. The summed E-state index contributed by atoms with van der Waals surface area (Å²) in [5.41, 5.74) is 0. The van der Waals surface area contributed by atoms with Crippen LogP contribution >= 0.6 is 7.82 Å². The molecule has 0 heterocycles. The van der Waals surface area contributed by atoms with Crippen LogP contribution < -0.4 is 0 Å². The summed E-state index contributed by atoms with van der Waals surface area (Å²) in [4.78, 5) is 38.5. The second-order valence-electron chi connectivity index (χ2n) is 3.84. The lowest BCUT2D eigenvalue weighted by molar-refractivity contribution is -0.135. The molecule has 0 rings (SSSR count). The Morgan fingerprint density at radius 3 is 2.28 bits per heavy atom. The number of hydrogen-bond donors (Lipinski definition) is 4. The van der Waals surface area contributed by atoms with E-state index in [4.69, 9.17) is 9.79 Å². The van der Waals surface area contributed by atoms with E-state index in [1.807, 2.05) is 0 Å². The Hall–Kier alpha value is -0.630. The van der Waals surface area contributed by atoms with Crippen LogP contribution in [0.4, 0.5) is 0 Å². The maximum absolute atomic E-state index is 11.2. The minimum Gasteiger partial charge on any atom is -0.390 e. The molecule has 0 fully saturated rings. The molecule has 0 saturated carbocycles. The van der Waals surface area contributed by atoms with Gasteiger partial charge in [0.25, 0.3) is 0 Å². The largest absolute Gasteiger partial charge is 0.470 e. The van der Waals surface area contributed by atoms with Gasteiger partial charge < -0.3 is 24.8 Å². The average Bonchev–Trinajstić information content (AvgIpc) is 2.23. The SMILES string of the molecule is CC(=O)CCCC(O)C(O)C(=O)COP(=O)(O)O. The van der Waals surface area contributed by atoms with E-state index in [0.29, 0.717) is 6.42 Å². The molecule has 9 heteroatoms. The summed E-state index contributed by atoms with van der Waals surface area (Å²) in [5, 5.41) is 18.7. The van der Waals surface area contributed by atoms with E-state index in [2.05, 4.69) is 4.52 Å². The molecule has 106 valence electrons. The van der Waals surface area contributed by atoms with Crippen molar-refractivity contribution in [2.75, 3.05) is 6.61 Å². The highest BCUT2D eigenvalue weighted by Crippen LogP contribution is 2.35. The van der Waals surface area contributed by atoms with Gasteiger partial charge in [-0.3, -0.25) is 9.32 Å². The van der Waals surface area contributed by atoms with Crippen LogP contribution in [0.15, 0.2) is 0 Å². The molecule has 0 aromatic carbocycles. The van der Waals surface area contributed by atoms with Crippen LogP contribution in [0.5, 0.6) is 0 Å². The van der Waals surface area contributed by atoms with Gasteiger partial charge >= 0.3 is 7.82 Å². The number of Topliss-reactive ketones (excluding diaryl/α,β-unsaturated/α-hetero) is 2. The first-order chi connectivity index (χ1) is 8.13. The second kappa shape index (κ2) is 7.73. The van der Waals surface area contributed by atoms with Crippen LogP contribution in [-0.4, -0.2) is 50.4 Å². The standard InChI is InChI=1S/C9H17O8P/c1-6(10)3-2-4-7(11)9(13)8(12)5-17-18(14,15)16/h7,9,11,13H,2-5H2,1H3,(H2,14,15,16). The van der Waals surface area contributed by atoms with Crippen molar-refractivity contribution < 1.29 is 38.7 Å². The van der Waals surface area contributed by atoms with E-state index in [-0.39, 0.29) is 18.6 Å². The lowest BCUT2D eigenvalue weighted by Gasteiger charge is -2.16. The third kappa shape index (κ3) is 8.46. The topological polar surface area (TPSA) is 141 Å². The van der Waals surface area contributed by atoms with Gasteiger partial charge in [0, 0.05) is 6.42 Å². The first-order valence-electron chi connectivity index (χ1n) is 5.22. The number of rotatable bonds is 9. The number of ketones is 2. The van der Waals surface area contributed by atoms with Crippen molar-refractivity contribution in [3.63, 3.8) is 0 Å². The highest BCUT2D eigenvalue weighted by molar-refractivity contribution is 7.46. The second-order valence-corrected chi connectivity index (χ2v) is 5.08. The van der Waals surface area contributed by atoms with Gasteiger partial charge in [-0.2, -0.15) is 0 Å². The van der Waals surface area contributed by atoms with Crippen molar-refractivity contribution in [1.29, 1.82) is 0 Å². The van der Waals surface area contributed by atoms with Crippen LogP contribution in [-0.2, 0) is 18.7 Å². The zero-order chi connectivity index (χ0) is 14.3. The van der Waals surface area contributed by atoms with Gasteiger partial charge in [-0.05, 0) is 19.8 Å². The average molecular weight is 284 g/mol. The highest BCUT2D eigenvalue weighted by atomic mass is 31.2. The summed E-state index contributed by atoms with van der Waals surface area (Å²) in [6.45, 7) is 0.386. The molecule has 0 aromatic heterocycles. The molecular formula is C9H17O8P. The normalized spacial score (nSPS) is 15.2. The molecule has 18 heavy (non-hydrogen) atoms. The molecule has 0 spiro atoms. The molecule has 2 unspecified atom stereocenters. The molecule has 4 N–H and O–H groups in total. The zero-order valence-corrected chi connectivity index (χ0v) is 10.7. The Morgan fingerprint density at radius 1 is 1.28 bits per heavy atom. The van der Waals surface area contributed by atoms with Gasteiger partial charge in [-0.15, -0.1) is 0 Å². The number of carbonyl (C=O) groups excluding carboxylic acids is 2. The molecule has 8 nitrogen and oxygen atoms in total. The molecule has 0 aliphatic carbocycles. The van der Waals surface area contributed by atoms with E-state index in [9.17, 15) is 24.4 Å². The molecule has 0 amide bonds. The summed E-state index contributed by atoms with van der Waals surface area (Å²) in [6.07, 6.45) is -2.62. The van der Waals surface area contributed by atoms with Gasteiger partial charge in [-0.25, -0.2) is 4.57 Å². The van der Waals surface area contributed by atoms with Crippen LogP contribution in [0.25, 0.3) is 0 Å². The lowest BCUT2D eigenvalue weighted by Crippen LogP contribution is -2.36. The van der Waals surface area contributed by atoms with Gasteiger partial charge in [0.15, 0.2) is 5.78 Å². The Labute approximate surface area is 104 Å². The fraction of sp³-hybridized carbons (Fsp3) is 0.778. The fourth-order valence-electron chi connectivity index (χ4n) is 1.17. The third-order valence-electron chi connectivity index (χ3n) is 2.10. The molecule has 0 aromatic rings. The molecule has 0 radical (unpaired) electrons. The van der Waals surface area contributed by atoms with Gasteiger partial charge in [0.1, 0.15) is 18.5 Å². The highest BCUT2D eigenvalue weighted by Gasteiger charge is 2.26. The van der Waals surface area contributed by atoms with E-state index >= 15 is 0 Å². The molecular weight excluding hydrogens is 267 g/mol. The number of carbonyl (C=O) groups is 2. The summed E-state index contributed by atoms with van der Waals surface area (Å²) >= 11 is 0. The van der Waals surface area contributed by atoms with Crippen LogP contribution in [0, 0.1) is 0 Å². The van der Waals surface area contributed by atoms with E-state index in [1.165, 1.54) is 6.92 Å². The van der Waals surface area contributed by atoms with Crippen LogP contribution in [0.3, 0.4) is 0 Å². The Bertz CT molecular complexity index is 335. The van der Waals surface area contributed by atoms with Crippen LogP contribution in [0.1, 0.15) is 26.2 Å². The van der Waals surface area contributed by atoms with Crippen molar-refractivity contribution in [2.45, 2.75) is 38.4 Å². The quantitative estimate of drug-likeness (QED) is 0.401. The number of aliphatic hydroxyl groups is 2. The van der Waals surface area contributed by atoms with Crippen LogP contribution in [0.2, 0.25) is 0 Å². The lowest BCUT2D eigenvalue weighted by atomic mass is 10.0. The Kier molecular flexibility index (Phi) is 7.46. The van der Waals surface area contributed by atoms with Gasteiger partial charge in [-0.1, -0.05) is 0 Å². The molecule has 0 bridgehead atoms. The molecule has 2 atom stereocenters. The van der Waals surface area contributed by atoms with Crippen molar-refractivity contribution in [1.82, 2.24) is 0 Å². The summed E-state index contributed by atoms with van der Waals surface area (Å²) in [5.74, 6) is -1.11. The van der Waals surface area contributed by atoms with Crippen molar-refractivity contribution in [3.8, 4) is 0 Å². The summed E-state index contributed by atoms with van der Waals surface area (Å²) in [7, 11) is -4.78. The maximum Gasteiger partial charge on any atom is 0.470 e. The van der Waals surface area contributed by atoms with Crippen molar-refractivity contribution in [2.24, 2.45) is 0 Å². The molecule has 0 aliphatic rings. The fourth-order valence-corrected chi connectivity index (χ4v) is 1.46. The van der Waals surface area contributed by atoms with Gasteiger partial charge in [0.05, 0.1) is 6.10 Å². The maximum atomic E-state index is 11.2. The first-order valence-corrected chi connectivity index (χ1v) is 6.75. The number of hydrogen-bond acceptors (Lipinski definition) is 6. The van der Waals surface area contributed by atoms with E-state index in [1.54, 1.807) is 0 Å². The third-order valence-corrected chi connectivity index (χ3v) is 2.56. The zero-order valence-electron chi connectivity index (χ0n) is 9.85. The van der Waals surface area contributed by atoms with Gasteiger partial charge in [0.2, 0.25) is 0 Å². The number of phosphoric acid groups is 1. The number of aliphatic hydroxyl groups excluding tert-OH is 2. The predicted molar refractivity (Wildman–Crippen MR) is 59.5 cm³/mol. The molecule has 0 aliphatic heterocycles. The predicted octanol–water partition coefficient (Wildman–Crippen LogP) is -0.854. The number of phosphoric ester groups is 1. The van der Waals surface area contributed by atoms with E-state index in [0.717, 1.165) is 0 Å². The Balaban J connectivity index is 4.04.